The quantitative estimate of drug-likeness (QED) is 0.817. The van der Waals surface area contributed by atoms with Crippen molar-refractivity contribution in [2.45, 2.75) is 32.1 Å². The van der Waals surface area contributed by atoms with E-state index in [1.165, 1.54) is 6.26 Å². The third-order valence-corrected chi connectivity index (χ3v) is 2.66. The van der Waals surface area contributed by atoms with Crippen LogP contribution in [0.3, 0.4) is 0 Å². The molecule has 1 rings (SSSR count). The van der Waals surface area contributed by atoms with Crippen LogP contribution in [0.2, 0.25) is 0 Å². The molecule has 0 radical (unpaired) electrons. The fourth-order valence-electron chi connectivity index (χ4n) is 1.43. The Hall–Kier alpha value is -1.01. The zero-order valence-corrected chi connectivity index (χ0v) is 10.6. The normalized spacial score (nSPS) is 13.8. The molecule has 1 heterocycles. The van der Waals surface area contributed by atoms with Crippen LogP contribution in [0.25, 0.3) is 0 Å². The molecular weight excluding hydrogens is 226 g/mol. The van der Waals surface area contributed by atoms with Crippen molar-refractivity contribution in [1.82, 2.24) is 9.97 Å². The smallest absolute Gasteiger partial charge is 0.154 e. The molecule has 1 atom stereocenters. The summed E-state index contributed by atoms with van der Waals surface area (Å²) in [6.45, 7) is 3.70. The van der Waals surface area contributed by atoms with E-state index in [0.717, 1.165) is 11.4 Å². The van der Waals surface area contributed by atoms with Crippen LogP contribution >= 0.6 is 0 Å². The molecule has 90 valence electrons. The molecule has 0 amide bonds. The molecule has 0 aliphatic carbocycles. The molecule has 0 aliphatic heterocycles. The largest absolute Gasteiger partial charge is 0.328 e. The summed E-state index contributed by atoms with van der Waals surface area (Å²) in [6.07, 6.45) is 1.80. The van der Waals surface area contributed by atoms with Crippen molar-refractivity contribution in [2.75, 3.05) is 6.26 Å². The van der Waals surface area contributed by atoms with Crippen molar-refractivity contribution < 1.29 is 8.42 Å². The first-order chi connectivity index (χ1) is 7.26. The van der Waals surface area contributed by atoms with Gasteiger partial charge in [-0.15, -0.1) is 0 Å². The Labute approximate surface area is 96.0 Å². The summed E-state index contributed by atoms with van der Waals surface area (Å²) in [5.74, 6) is 0.221. The van der Waals surface area contributed by atoms with Crippen molar-refractivity contribution >= 4 is 9.84 Å². The second kappa shape index (κ2) is 4.88. The second-order valence-electron chi connectivity index (χ2n) is 4.17. The monoisotopic (exact) mass is 243 g/mol. The predicted octanol–water partition coefficient (Wildman–Crippen LogP) is 0.219. The Bertz CT molecular complexity index is 469. The predicted molar refractivity (Wildman–Crippen MR) is 62.7 cm³/mol. The van der Waals surface area contributed by atoms with Crippen LogP contribution in [0.4, 0.5) is 0 Å². The average Bonchev–Trinajstić information content (AvgIpc) is 1.96. The maximum absolute atomic E-state index is 11.1. The standard InChI is InChI=1S/C10H17N3O2S/c1-7(11)4-9-5-8(2)12-10(13-9)6-16(3,14)15/h5,7H,4,6,11H2,1-3H3. The highest BCUT2D eigenvalue weighted by molar-refractivity contribution is 7.89. The Balaban J connectivity index is 2.98. The van der Waals surface area contributed by atoms with Crippen LogP contribution in [-0.4, -0.2) is 30.7 Å². The summed E-state index contributed by atoms with van der Waals surface area (Å²) in [5, 5.41) is 0. The highest BCUT2D eigenvalue weighted by atomic mass is 32.2. The van der Waals surface area contributed by atoms with Crippen LogP contribution in [0.1, 0.15) is 24.1 Å². The number of nitrogens with zero attached hydrogens (tertiary/aromatic N) is 2. The molecule has 1 aromatic rings. The fourth-order valence-corrected chi connectivity index (χ4v) is 2.03. The number of aryl methyl sites for hydroxylation is 1. The summed E-state index contributed by atoms with van der Waals surface area (Å²) in [4.78, 5) is 8.28. The van der Waals surface area contributed by atoms with Crippen molar-refractivity contribution in [3.63, 3.8) is 0 Å². The average molecular weight is 243 g/mol. The molecule has 5 nitrogen and oxygen atoms in total. The van der Waals surface area contributed by atoms with E-state index in [2.05, 4.69) is 9.97 Å². The number of aromatic nitrogens is 2. The zero-order chi connectivity index (χ0) is 12.3. The van der Waals surface area contributed by atoms with Crippen molar-refractivity contribution in [3.05, 3.63) is 23.3 Å². The van der Waals surface area contributed by atoms with E-state index in [0.29, 0.717) is 12.2 Å². The lowest BCUT2D eigenvalue weighted by Gasteiger charge is -2.07. The molecule has 0 fully saturated rings. The number of nitrogens with two attached hydrogens (primary N) is 1. The zero-order valence-electron chi connectivity index (χ0n) is 9.77. The minimum absolute atomic E-state index is 0.000355. The van der Waals surface area contributed by atoms with Crippen molar-refractivity contribution in [3.8, 4) is 0 Å². The molecule has 1 unspecified atom stereocenters. The first kappa shape index (κ1) is 13.1. The summed E-state index contributed by atoms with van der Waals surface area (Å²) >= 11 is 0. The first-order valence-electron chi connectivity index (χ1n) is 5.03. The molecule has 0 saturated heterocycles. The lowest BCUT2D eigenvalue weighted by molar-refractivity contribution is 0.599. The highest BCUT2D eigenvalue weighted by Gasteiger charge is 2.10. The molecule has 2 N–H and O–H groups in total. The van der Waals surface area contributed by atoms with Gasteiger partial charge < -0.3 is 5.73 Å². The molecule has 0 aliphatic rings. The lowest BCUT2D eigenvalue weighted by Crippen LogP contribution is -2.19. The molecule has 0 spiro atoms. The summed E-state index contributed by atoms with van der Waals surface area (Å²) < 4.78 is 22.3. The molecule has 0 saturated carbocycles. The van der Waals surface area contributed by atoms with Crippen LogP contribution in [0, 0.1) is 6.92 Å². The van der Waals surface area contributed by atoms with E-state index >= 15 is 0 Å². The van der Waals surface area contributed by atoms with Gasteiger partial charge in [-0.3, -0.25) is 0 Å². The summed E-state index contributed by atoms with van der Waals surface area (Å²) in [6, 6.07) is 1.83. The number of sulfone groups is 1. The van der Waals surface area contributed by atoms with Crippen molar-refractivity contribution in [2.24, 2.45) is 5.73 Å². The minimum Gasteiger partial charge on any atom is -0.328 e. The number of hydrogen-bond donors (Lipinski definition) is 1. The van der Waals surface area contributed by atoms with Gasteiger partial charge >= 0.3 is 0 Å². The third-order valence-electron chi connectivity index (χ3n) is 1.88. The van der Waals surface area contributed by atoms with Gasteiger partial charge in [-0.1, -0.05) is 0 Å². The SMILES string of the molecule is Cc1cc(CC(C)N)nc(CS(C)(=O)=O)n1. The molecule has 0 bridgehead atoms. The Kier molecular flexibility index (Phi) is 3.98. The van der Waals surface area contributed by atoms with Crippen LogP contribution < -0.4 is 5.73 Å². The maximum atomic E-state index is 11.1. The molecule has 16 heavy (non-hydrogen) atoms. The maximum Gasteiger partial charge on any atom is 0.154 e. The fraction of sp³-hybridized carbons (Fsp3) is 0.600. The first-order valence-corrected chi connectivity index (χ1v) is 7.09. The van der Waals surface area contributed by atoms with E-state index in [9.17, 15) is 8.42 Å². The van der Waals surface area contributed by atoms with E-state index in [4.69, 9.17) is 5.73 Å². The second-order valence-corrected chi connectivity index (χ2v) is 6.31. The van der Waals surface area contributed by atoms with Crippen molar-refractivity contribution in [1.29, 1.82) is 0 Å². The van der Waals surface area contributed by atoms with Gasteiger partial charge in [0.2, 0.25) is 0 Å². The Morgan fingerprint density at radius 2 is 2.06 bits per heavy atom. The van der Waals surface area contributed by atoms with E-state index in [-0.39, 0.29) is 11.8 Å². The minimum atomic E-state index is -3.10. The van der Waals surface area contributed by atoms with Gasteiger partial charge in [-0.05, 0) is 19.9 Å². The van der Waals surface area contributed by atoms with E-state index < -0.39 is 9.84 Å². The van der Waals surface area contributed by atoms with E-state index in [1.807, 2.05) is 19.9 Å². The van der Waals surface area contributed by atoms with Gasteiger partial charge in [-0.2, -0.15) is 0 Å². The Morgan fingerprint density at radius 1 is 1.44 bits per heavy atom. The van der Waals surface area contributed by atoms with Gasteiger partial charge in [0.1, 0.15) is 11.6 Å². The van der Waals surface area contributed by atoms with Gasteiger partial charge in [0, 0.05) is 30.1 Å². The van der Waals surface area contributed by atoms with E-state index in [1.54, 1.807) is 0 Å². The molecule has 0 aromatic carbocycles. The molecule has 1 aromatic heterocycles. The van der Waals surface area contributed by atoms with Gasteiger partial charge in [0.05, 0.1) is 0 Å². The summed E-state index contributed by atoms with van der Waals surface area (Å²) in [7, 11) is -3.10. The molecular formula is C10H17N3O2S. The van der Waals surface area contributed by atoms with Crippen LogP contribution in [-0.2, 0) is 22.0 Å². The highest BCUT2D eigenvalue weighted by Crippen LogP contribution is 2.05. The third kappa shape index (κ3) is 4.67. The van der Waals surface area contributed by atoms with Crippen LogP contribution in [0.15, 0.2) is 6.07 Å². The lowest BCUT2D eigenvalue weighted by atomic mass is 10.2. The topological polar surface area (TPSA) is 85.9 Å². The van der Waals surface area contributed by atoms with Gasteiger partial charge in [-0.25, -0.2) is 18.4 Å². The van der Waals surface area contributed by atoms with Crippen LogP contribution in [0.5, 0.6) is 0 Å². The molecule has 6 heteroatoms. The number of hydrogen-bond acceptors (Lipinski definition) is 5. The number of rotatable bonds is 4. The van der Waals surface area contributed by atoms with Gasteiger partial charge in [0.15, 0.2) is 9.84 Å². The summed E-state index contributed by atoms with van der Waals surface area (Å²) in [5.41, 5.74) is 7.23. The van der Waals surface area contributed by atoms with Gasteiger partial charge in [0.25, 0.3) is 0 Å². The Morgan fingerprint density at radius 3 is 2.56 bits per heavy atom.